The third-order valence-corrected chi connectivity index (χ3v) is 6.45. The first-order valence-electron chi connectivity index (χ1n) is 8.86. The molecule has 2 heterocycles. The predicted octanol–water partition coefficient (Wildman–Crippen LogP) is 3.61. The molecule has 0 bridgehead atoms. The van der Waals surface area contributed by atoms with Crippen molar-refractivity contribution in [2.45, 2.75) is 19.8 Å². The van der Waals surface area contributed by atoms with Crippen molar-refractivity contribution in [2.75, 3.05) is 11.1 Å². The molecule has 148 valence electrons. The average molecular weight is 425 g/mol. The first-order valence-corrected chi connectivity index (χ1v) is 10.7. The first-order chi connectivity index (χ1) is 13.9. The molecule has 29 heavy (non-hydrogen) atoms. The summed E-state index contributed by atoms with van der Waals surface area (Å²) in [5.41, 5.74) is 8.46. The lowest BCUT2D eigenvalue weighted by Gasteiger charge is -2.29. The average Bonchev–Trinajstić information content (AvgIpc) is 3.21. The van der Waals surface area contributed by atoms with Crippen molar-refractivity contribution in [1.29, 1.82) is 5.26 Å². The number of nitriles is 1. The van der Waals surface area contributed by atoms with E-state index in [9.17, 15) is 14.9 Å². The molecule has 0 spiro atoms. The van der Waals surface area contributed by atoms with Gasteiger partial charge in [0, 0.05) is 21.8 Å². The number of nitrogens with zero attached hydrogens (tertiary/aromatic N) is 1. The van der Waals surface area contributed by atoms with E-state index in [1.807, 2.05) is 48.7 Å². The molecule has 1 aromatic heterocycles. The molecule has 2 amide bonds. The lowest BCUT2D eigenvalue weighted by Crippen LogP contribution is -2.31. The molecule has 0 fully saturated rings. The lowest BCUT2D eigenvalue weighted by atomic mass is 9.86. The fourth-order valence-electron chi connectivity index (χ4n) is 3.11. The molecule has 6 nitrogen and oxygen atoms in total. The summed E-state index contributed by atoms with van der Waals surface area (Å²) in [5.74, 6) is -1.21. The fraction of sp³-hybridized carbons (Fsp3) is 0.190. The van der Waals surface area contributed by atoms with E-state index in [-0.39, 0.29) is 11.7 Å². The predicted molar refractivity (Wildman–Crippen MR) is 117 cm³/mol. The van der Waals surface area contributed by atoms with Gasteiger partial charge in [0.1, 0.15) is 0 Å². The largest absolute Gasteiger partial charge is 0.369 e. The van der Waals surface area contributed by atoms with Crippen LogP contribution in [-0.4, -0.2) is 17.6 Å². The van der Waals surface area contributed by atoms with Gasteiger partial charge in [-0.25, -0.2) is 0 Å². The molecule has 4 N–H and O–H groups in total. The maximum absolute atomic E-state index is 13.3. The van der Waals surface area contributed by atoms with E-state index in [1.165, 1.54) is 23.1 Å². The van der Waals surface area contributed by atoms with Crippen LogP contribution in [0.2, 0.25) is 0 Å². The van der Waals surface area contributed by atoms with Gasteiger partial charge < -0.3 is 16.4 Å². The van der Waals surface area contributed by atoms with Gasteiger partial charge in [-0.3, -0.25) is 9.59 Å². The van der Waals surface area contributed by atoms with Crippen molar-refractivity contribution in [3.8, 4) is 6.07 Å². The highest BCUT2D eigenvalue weighted by atomic mass is 32.2. The second kappa shape index (κ2) is 8.99. The van der Waals surface area contributed by atoms with Crippen LogP contribution in [0.4, 0.5) is 5.69 Å². The Bertz CT molecular complexity index is 1050. The summed E-state index contributed by atoms with van der Waals surface area (Å²) in [5, 5.41) is 18.4. The molecule has 1 aliphatic heterocycles. The summed E-state index contributed by atoms with van der Waals surface area (Å²) in [6.07, 6.45) is 0. The Hall–Kier alpha value is -3.02. The number of hydrogen-bond donors (Lipinski definition) is 3. The summed E-state index contributed by atoms with van der Waals surface area (Å²) in [4.78, 5) is 25.4. The molecule has 0 saturated carbocycles. The number of thiophene rings is 1. The van der Waals surface area contributed by atoms with E-state index in [4.69, 9.17) is 5.73 Å². The molecular formula is C21H20N4O2S2. The summed E-state index contributed by atoms with van der Waals surface area (Å²) in [6, 6.07) is 13.6. The Kier molecular flexibility index (Phi) is 6.42. The van der Waals surface area contributed by atoms with Gasteiger partial charge in [0.25, 0.3) is 5.91 Å². The molecule has 1 aromatic carbocycles. The summed E-state index contributed by atoms with van der Waals surface area (Å²) in [6.45, 7) is 3.72. The SMILES string of the molecule is CC1=C(C(=O)Nc2ccccc2C)[C@@H](c2cccs2)C(C#N)=C(SCC(N)=O)N1. The zero-order valence-corrected chi connectivity index (χ0v) is 17.6. The number of amides is 2. The maximum Gasteiger partial charge on any atom is 0.254 e. The van der Waals surface area contributed by atoms with Crippen molar-refractivity contribution in [3.05, 3.63) is 74.1 Å². The van der Waals surface area contributed by atoms with Crippen LogP contribution in [0.15, 0.2) is 63.7 Å². The van der Waals surface area contributed by atoms with E-state index >= 15 is 0 Å². The molecular weight excluding hydrogens is 404 g/mol. The molecule has 0 aliphatic carbocycles. The van der Waals surface area contributed by atoms with Gasteiger partial charge in [-0.05, 0) is 36.9 Å². The first kappa shape index (κ1) is 20.7. The lowest BCUT2D eigenvalue weighted by molar-refractivity contribution is -0.115. The van der Waals surface area contributed by atoms with E-state index in [0.29, 0.717) is 21.9 Å². The molecule has 2 aromatic rings. The van der Waals surface area contributed by atoms with Crippen molar-refractivity contribution in [3.63, 3.8) is 0 Å². The number of dihydropyridines is 1. The van der Waals surface area contributed by atoms with E-state index < -0.39 is 11.8 Å². The van der Waals surface area contributed by atoms with Gasteiger partial charge in [-0.1, -0.05) is 36.0 Å². The van der Waals surface area contributed by atoms with Crippen molar-refractivity contribution in [2.24, 2.45) is 5.73 Å². The molecule has 0 unspecified atom stereocenters. The smallest absolute Gasteiger partial charge is 0.254 e. The highest BCUT2D eigenvalue weighted by Crippen LogP contribution is 2.42. The van der Waals surface area contributed by atoms with Crippen LogP contribution in [0.1, 0.15) is 23.3 Å². The zero-order chi connectivity index (χ0) is 21.0. The van der Waals surface area contributed by atoms with Gasteiger partial charge in [0.05, 0.1) is 28.3 Å². The Morgan fingerprint density at radius 2 is 2.03 bits per heavy atom. The fourth-order valence-corrected chi connectivity index (χ4v) is 4.79. The number of nitrogens with one attached hydrogen (secondary N) is 2. The van der Waals surface area contributed by atoms with Gasteiger partial charge in [-0.2, -0.15) is 5.26 Å². The van der Waals surface area contributed by atoms with Crippen LogP contribution in [0.25, 0.3) is 0 Å². The van der Waals surface area contributed by atoms with Crippen molar-refractivity contribution in [1.82, 2.24) is 5.32 Å². The number of carbonyl (C=O) groups is 2. The number of rotatable bonds is 6. The highest BCUT2D eigenvalue weighted by molar-refractivity contribution is 8.03. The second-order valence-electron chi connectivity index (χ2n) is 6.49. The monoisotopic (exact) mass is 424 g/mol. The third kappa shape index (κ3) is 4.53. The second-order valence-corrected chi connectivity index (χ2v) is 8.46. The number of thioether (sulfide) groups is 1. The minimum absolute atomic E-state index is 0.0443. The minimum atomic E-state index is -0.513. The maximum atomic E-state index is 13.3. The Morgan fingerprint density at radius 1 is 1.28 bits per heavy atom. The topological polar surface area (TPSA) is 108 Å². The Labute approximate surface area is 177 Å². The Morgan fingerprint density at radius 3 is 2.66 bits per heavy atom. The van der Waals surface area contributed by atoms with Crippen LogP contribution in [0.3, 0.4) is 0 Å². The van der Waals surface area contributed by atoms with Gasteiger partial charge in [-0.15, -0.1) is 11.3 Å². The van der Waals surface area contributed by atoms with Crippen molar-refractivity contribution < 1.29 is 9.59 Å². The van der Waals surface area contributed by atoms with Crippen LogP contribution in [-0.2, 0) is 9.59 Å². The Balaban J connectivity index is 2.02. The number of para-hydroxylation sites is 1. The van der Waals surface area contributed by atoms with Gasteiger partial charge in [0.2, 0.25) is 5.91 Å². The molecule has 8 heteroatoms. The van der Waals surface area contributed by atoms with E-state index in [2.05, 4.69) is 16.7 Å². The normalized spacial score (nSPS) is 16.2. The van der Waals surface area contributed by atoms with Crippen LogP contribution in [0.5, 0.6) is 0 Å². The number of primary amides is 1. The molecule has 0 saturated heterocycles. The number of benzene rings is 1. The van der Waals surface area contributed by atoms with E-state index in [1.54, 1.807) is 6.92 Å². The summed E-state index contributed by atoms with van der Waals surface area (Å²) < 4.78 is 0. The van der Waals surface area contributed by atoms with Crippen LogP contribution in [0, 0.1) is 18.3 Å². The number of carbonyl (C=O) groups excluding carboxylic acids is 2. The molecule has 0 radical (unpaired) electrons. The summed E-state index contributed by atoms with van der Waals surface area (Å²) in [7, 11) is 0. The van der Waals surface area contributed by atoms with E-state index in [0.717, 1.165) is 16.1 Å². The standard InChI is InChI=1S/C21H20N4O2S2/c1-12-6-3-4-7-15(12)25-20(27)18-13(2)24-21(29-11-17(23)26)14(10-22)19(18)16-8-5-9-28-16/h3-9,19,24H,11H2,1-2H3,(H2,23,26)(H,25,27)/t19-/m1/s1. The molecule has 1 atom stereocenters. The van der Waals surface area contributed by atoms with Crippen molar-refractivity contribution >= 4 is 40.6 Å². The van der Waals surface area contributed by atoms with Crippen LogP contribution >= 0.6 is 23.1 Å². The molecule has 1 aliphatic rings. The minimum Gasteiger partial charge on any atom is -0.369 e. The molecule has 3 rings (SSSR count). The number of hydrogen-bond acceptors (Lipinski definition) is 6. The zero-order valence-electron chi connectivity index (χ0n) is 16.0. The highest BCUT2D eigenvalue weighted by Gasteiger charge is 2.35. The number of allylic oxidation sites excluding steroid dienone is 2. The van der Waals surface area contributed by atoms with Gasteiger partial charge >= 0.3 is 0 Å². The quantitative estimate of drug-likeness (QED) is 0.656. The number of anilines is 1. The summed E-state index contributed by atoms with van der Waals surface area (Å²) >= 11 is 2.65. The third-order valence-electron chi connectivity index (χ3n) is 4.47. The van der Waals surface area contributed by atoms with Crippen LogP contribution < -0.4 is 16.4 Å². The number of aryl methyl sites for hydroxylation is 1. The number of nitrogens with two attached hydrogens (primary N) is 1. The van der Waals surface area contributed by atoms with Gasteiger partial charge in [0.15, 0.2) is 0 Å².